The fourth-order valence-corrected chi connectivity index (χ4v) is 0.683. The van der Waals surface area contributed by atoms with Gasteiger partial charge in [-0.3, -0.25) is 0 Å². The summed E-state index contributed by atoms with van der Waals surface area (Å²) in [5.41, 5.74) is 0. The molecule has 0 heterocycles. The molecule has 6 heteroatoms. The summed E-state index contributed by atoms with van der Waals surface area (Å²) in [6.07, 6.45) is -4.46. The molecule has 0 aliphatic rings. The van der Waals surface area contributed by atoms with E-state index >= 15 is 0 Å². The van der Waals surface area contributed by atoms with E-state index in [9.17, 15) is 4.91 Å². The molecule has 0 aliphatic carbocycles. The highest BCUT2D eigenvalue weighted by Gasteiger charge is 2.28. The SMILES string of the molecule is CC(N=O)C(O)C(O)C(O)CO. The first-order valence-electron chi connectivity index (χ1n) is 3.52. The molecule has 0 rings (SSSR count). The Labute approximate surface area is 69.4 Å². The molecule has 4 N–H and O–H groups in total. The predicted molar refractivity (Wildman–Crippen MR) is 40.4 cm³/mol. The van der Waals surface area contributed by atoms with Crippen molar-refractivity contribution in [1.29, 1.82) is 0 Å². The molecule has 6 nitrogen and oxygen atoms in total. The first-order chi connectivity index (χ1) is 5.54. The third kappa shape index (κ3) is 2.82. The van der Waals surface area contributed by atoms with Crippen LogP contribution in [0, 0.1) is 4.91 Å². The molecule has 0 aromatic carbocycles. The maximum atomic E-state index is 9.90. The van der Waals surface area contributed by atoms with E-state index in [1.165, 1.54) is 6.92 Å². The molecule has 4 unspecified atom stereocenters. The molecule has 0 fully saturated rings. The molecule has 0 amide bonds. The summed E-state index contributed by atoms with van der Waals surface area (Å²) in [6.45, 7) is 0.620. The summed E-state index contributed by atoms with van der Waals surface area (Å²) in [4.78, 5) is 9.90. The molecular formula is C6H13NO5. The van der Waals surface area contributed by atoms with Crippen molar-refractivity contribution in [2.45, 2.75) is 31.3 Å². The van der Waals surface area contributed by atoms with Gasteiger partial charge in [0.15, 0.2) is 0 Å². The van der Waals surface area contributed by atoms with Crippen LogP contribution in [0.25, 0.3) is 0 Å². The van der Waals surface area contributed by atoms with E-state index in [1.54, 1.807) is 0 Å². The first-order valence-corrected chi connectivity index (χ1v) is 3.52. The van der Waals surface area contributed by atoms with Gasteiger partial charge in [0.2, 0.25) is 0 Å². The Bertz CT molecular complexity index is 142. The van der Waals surface area contributed by atoms with Gasteiger partial charge in [-0.1, -0.05) is 5.18 Å². The van der Waals surface area contributed by atoms with Gasteiger partial charge >= 0.3 is 0 Å². The van der Waals surface area contributed by atoms with Crippen molar-refractivity contribution in [2.75, 3.05) is 6.61 Å². The van der Waals surface area contributed by atoms with Crippen molar-refractivity contribution in [3.63, 3.8) is 0 Å². The zero-order chi connectivity index (χ0) is 9.72. The van der Waals surface area contributed by atoms with Gasteiger partial charge in [0.25, 0.3) is 0 Å². The maximum absolute atomic E-state index is 9.90. The standard InChI is InChI=1S/C6H13NO5/c1-3(7-12)5(10)6(11)4(9)2-8/h3-6,8-11H,2H2,1H3. The van der Waals surface area contributed by atoms with E-state index in [2.05, 4.69) is 5.18 Å². The van der Waals surface area contributed by atoms with Crippen molar-refractivity contribution in [1.82, 2.24) is 0 Å². The smallest absolute Gasteiger partial charge is 0.118 e. The van der Waals surface area contributed by atoms with Crippen LogP contribution in [0.1, 0.15) is 6.92 Å². The summed E-state index contributed by atoms with van der Waals surface area (Å²) in [5.74, 6) is 0. The Kier molecular flexibility index (Phi) is 4.91. The molecule has 0 aliphatic heterocycles. The second-order valence-electron chi connectivity index (χ2n) is 2.58. The van der Waals surface area contributed by atoms with Crippen molar-refractivity contribution < 1.29 is 20.4 Å². The number of rotatable bonds is 5. The number of nitroso groups, excluding NO2 is 1. The third-order valence-corrected chi connectivity index (χ3v) is 1.59. The molecule has 12 heavy (non-hydrogen) atoms. The van der Waals surface area contributed by atoms with E-state index in [0.29, 0.717) is 0 Å². The van der Waals surface area contributed by atoms with Gasteiger partial charge in [-0.15, -0.1) is 0 Å². The average molecular weight is 179 g/mol. The van der Waals surface area contributed by atoms with Crippen LogP contribution in [0.15, 0.2) is 5.18 Å². The van der Waals surface area contributed by atoms with Gasteiger partial charge in [-0.2, -0.15) is 4.91 Å². The summed E-state index contributed by atoms with van der Waals surface area (Å²) in [7, 11) is 0. The van der Waals surface area contributed by atoms with Crippen LogP contribution in [0.5, 0.6) is 0 Å². The van der Waals surface area contributed by atoms with Crippen LogP contribution < -0.4 is 0 Å². The van der Waals surface area contributed by atoms with E-state index < -0.39 is 31.0 Å². The molecule has 72 valence electrons. The van der Waals surface area contributed by atoms with Crippen LogP contribution in [0.4, 0.5) is 0 Å². The highest BCUT2D eigenvalue weighted by molar-refractivity contribution is 4.81. The summed E-state index contributed by atoms with van der Waals surface area (Å²) >= 11 is 0. The van der Waals surface area contributed by atoms with Crippen molar-refractivity contribution in [3.8, 4) is 0 Å². The fraction of sp³-hybridized carbons (Fsp3) is 1.00. The Balaban J connectivity index is 4.07. The highest BCUT2D eigenvalue weighted by atomic mass is 16.4. The topological polar surface area (TPSA) is 110 Å². The van der Waals surface area contributed by atoms with E-state index in [1.807, 2.05) is 0 Å². The van der Waals surface area contributed by atoms with Crippen LogP contribution in [-0.2, 0) is 0 Å². The Hall–Kier alpha value is -0.560. The fourth-order valence-electron chi connectivity index (χ4n) is 0.683. The minimum Gasteiger partial charge on any atom is -0.394 e. The second kappa shape index (κ2) is 5.15. The minimum atomic E-state index is -1.55. The maximum Gasteiger partial charge on any atom is 0.118 e. The Morgan fingerprint density at radius 1 is 1.25 bits per heavy atom. The molecule has 0 radical (unpaired) electrons. The van der Waals surface area contributed by atoms with Crippen LogP contribution in [-0.4, -0.2) is 51.4 Å². The quantitative estimate of drug-likeness (QED) is 0.373. The van der Waals surface area contributed by atoms with Crippen molar-refractivity contribution >= 4 is 0 Å². The monoisotopic (exact) mass is 179 g/mol. The zero-order valence-electron chi connectivity index (χ0n) is 6.66. The normalized spacial score (nSPS) is 21.1. The summed E-state index contributed by atoms with van der Waals surface area (Å²) in [5, 5.41) is 37.8. The van der Waals surface area contributed by atoms with Crippen molar-refractivity contribution in [3.05, 3.63) is 4.91 Å². The Morgan fingerprint density at radius 2 is 1.75 bits per heavy atom. The van der Waals surface area contributed by atoms with Gasteiger partial charge in [0, 0.05) is 0 Å². The number of nitrogens with zero attached hydrogens (tertiary/aromatic N) is 1. The molecule has 4 atom stereocenters. The van der Waals surface area contributed by atoms with E-state index in [-0.39, 0.29) is 0 Å². The lowest BCUT2D eigenvalue weighted by molar-refractivity contribution is -0.0814. The lowest BCUT2D eigenvalue weighted by Gasteiger charge is -2.22. The number of aliphatic hydroxyl groups is 4. The zero-order valence-corrected chi connectivity index (χ0v) is 6.66. The number of aliphatic hydroxyl groups excluding tert-OH is 4. The molecule has 0 spiro atoms. The van der Waals surface area contributed by atoms with Crippen LogP contribution in [0.2, 0.25) is 0 Å². The molecule has 0 saturated carbocycles. The number of hydrogen-bond acceptors (Lipinski definition) is 6. The molecule has 0 bridgehead atoms. The van der Waals surface area contributed by atoms with E-state index in [0.717, 1.165) is 0 Å². The molecule has 0 aromatic rings. The van der Waals surface area contributed by atoms with Gasteiger partial charge in [0.1, 0.15) is 24.4 Å². The van der Waals surface area contributed by atoms with Gasteiger partial charge in [0.05, 0.1) is 6.61 Å². The summed E-state index contributed by atoms with van der Waals surface area (Å²) in [6, 6.07) is -1.01. The van der Waals surface area contributed by atoms with Crippen molar-refractivity contribution in [2.24, 2.45) is 5.18 Å². The van der Waals surface area contributed by atoms with Crippen LogP contribution >= 0.6 is 0 Å². The molecular weight excluding hydrogens is 166 g/mol. The predicted octanol–water partition coefficient (Wildman–Crippen LogP) is -1.78. The average Bonchev–Trinajstić information content (AvgIpc) is 2.12. The van der Waals surface area contributed by atoms with Crippen LogP contribution in [0.3, 0.4) is 0 Å². The first kappa shape index (κ1) is 11.4. The Morgan fingerprint density at radius 3 is 2.08 bits per heavy atom. The van der Waals surface area contributed by atoms with Gasteiger partial charge in [-0.05, 0) is 6.92 Å². The third-order valence-electron chi connectivity index (χ3n) is 1.59. The van der Waals surface area contributed by atoms with Gasteiger partial charge in [-0.25, -0.2) is 0 Å². The lowest BCUT2D eigenvalue weighted by atomic mass is 10.0. The number of hydrogen-bond donors (Lipinski definition) is 4. The van der Waals surface area contributed by atoms with E-state index in [4.69, 9.17) is 20.4 Å². The molecule has 0 saturated heterocycles. The largest absolute Gasteiger partial charge is 0.394 e. The minimum absolute atomic E-state index is 0.677. The van der Waals surface area contributed by atoms with Gasteiger partial charge < -0.3 is 20.4 Å². The lowest BCUT2D eigenvalue weighted by Crippen LogP contribution is -2.44. The second-order valence-corrected chi connectivity index (χ2v) is 2.58. The summed E-state index contributed by atoms with van der Waals surface area (Å²) < 4.78 is 0. The molecule has 0 aromatic heterocycles. The highest BCUT2D eigenvalue weighted by Crippen LogP contribution is 2.06.